The van der Waals surface area contributed by atoms with Crippen LogP contribution in [0.1, 0.15) is 24.8 Å². The number of Topliss-reactive ketones (excluding diaryl/α,β-unsaturated/α-hetero) is 1. The number of anilines is 2. The quantitative estimate of drug-likeness (QED) is 0.700. The van der Waals surface area contributed by atoms with Crippen LogP contribution < -0.4 is 15.5 Å². The van der Waals surface area contributed by atoms with Crippen LogP contribution >= 0.6 is 0 Å². The Balaban J connectivity index is 1.89. The second-order valence-corrected chi connectivity index (χ2v) is 8.26. The lowest BCUT2D eigenvalue weighted by Crippen LogP contribution is -2.52. The Labute approximate surface area is 194 Å². The van der Waals surface area contributed by atoms with Crippen LogP contribution in [0.4, 0.5) is 20.2 Å². The highest BCUT2D eigenvalue weighted by Gasteiger charge is 2.62. The van der Waals surface area contributed by atoms with Gasteiger partial charge in [0.05, 0.1) is 17.8 Å². The summed E-state index contributed by atoms with van der Waals surface area (Å²) in [6.45, 7) is -0.0662. The van der Waals surface area contributed by atoms with E-state index in [1.165, 1.54) is 15.9 Å². The molecule has 168 valence electrons. The molecule has 0 radical (unpaired) electrons. The lowest BCUT2D eigenvalue weighted by molar-refractivity contribution is -0.124. The Kier molecular flexibility index (Phi) is 4.77. The maximum atomic E-state index is 14.9. The fraction of sp³-hybridized carbons (Fsp3) is 0.192. The molecule has 0 unspecified atom stereocenters. The fourth-order valence-corrected chi connectivity index (χ4v) is 5.31. The van der Waals surface area contributed by atoms with Crippen LogP contribution in [-0.4, -0.2) is 18.2 Å². The first-order valence-corrected chi connectivity index (χ1v) is 10.6. The van der Waals surface area contributed by atoms with Crippen LogP contribution in [0, 0.1) is 35.3 Å². The maximum absolute atomic E-state index is 14.9. The van der Waals surface area contributed by atoms with E-state index in [9.17, 15) is 23.6 Å². The molecule has 1 atom stereocenters. The van der Waals surface area contributed by atoms with Gasteiger partial charge in [0, 0.05) is 35.0 Å². The van der Waals surface area contributed by atoms with Crippen LogP contribution in [-0.2, 0) is 15.0 Å². The van der Waals surface area contributed by atoms with Crippen LogP contribution in [0.15, 0.2) is 65.1 Å². The maximum Gasteiger partial charge on any atom is 0.248 e. The summed E-state index contributed by atoms with van der Waals surface area (Å²) in [6, 6.07) is 11.8. The van der Waals surface area contributed by atoms with Crippen molar-refractivity contribution >= 4 is 23.1 Å². The summed E-state index contributed by atoms with van der Waals surface area (Å²) < 4.78 is 28.5. The second-order valence-electron chi connectivity index (χ2n) is 8.26. The molecule has 5 rings (SSSR count). The van der Waals surface area contributed by atoms with Gasteiger partial charge in [-0.05, 0) is 31.0 Å². The minimum atomic E-state index is -1.79. The van der Waals surface area contributed by atoms with Crippen molar-refractivity contribution in [2.75, 3.05) is 16.3 Å². The van der Waals surface area contributed by atoms with E-state index >= 15 is 0 Å². The number of carbonyl (C=O) groups excluding carboxylic acids is 2. The number of para-hydroxylation sites is 1. The van der Waals surface area contributed by atoms with Crippen molar-refractivity contribution in [3.8, 4) is 18.4 Å². The zero-order chi connectivity index (χ0) is 24.2. The third-order valence-corrected chi connectivity index (χ3v) is 6.58. The minimum absolute atomic E-state index is 0.0662. The molecule has 6 nitrogen and oxygen atoms in total. The average molecular weight is 456 g/mol. The number of fused-ring (bicyclic) bond motifs is 3. The van der Waals surface area contributed by atoms with E-state index in [1.807, 2.05) is 6.07 Å². The molecule has 1 spiro atoms. The Morgan fingerprint density at radius 3 is 2.59 bits per heavy atom. The molecule has 2 aromatic carbocycles. The van der Waals surface area contributed by atoms with E-state index in [0.29, 0.717) is 35.9 Å². The third kappa shape index (κ3) is 2.60. The van der Waals surface area contributed by atoms with E-state index in [0.717, 1.165) is 6.07 Å². The number of ketones is 1. The minimum Gasteiger partial charge on any atom is -0.384 e. The molecule has 2 aliphatic heterocycles. The summed E-state index contributed by atoms with van der Waals surface area (Å²) in [4.78, 5) is 30.2. The first-order chi connectivity index (χ1) is 16.4. The van der Waals surface area contributed by atoms with Gasteiger partial charge in [-0.15, -0.1) is 6.42 Å². The lowest BCUT2D eigenvalue weighted by Gasteiger charge is -2.43. The number of terminal acetylenes is 1. The molecule has 2 heterocycles. The van der Waals surface area contributed by atoms with Gasteiger partial charge in [-0.3, -0.25) is 19.4 Å². The summed E-state index contributed by atoms with van der Waals surface area (Å²) in [5, 5.41) is 10.3. The average Bonchev–Trinajstić information content (AvgIpc) is 3.05. The standard InChI is InChI=1S/C26H18F2N4O2/c1-2-12-31-19-7-4-3-6-16(19)26(25(31)34)17(14-29)24(30)32(20-11-10-15(27)13-18(20)28)21-8-5-9-22(33)23(21)26/h1,3-4,6-7,10-11,13H,5,8-9,12,30H2/t26-/m1/s1. The number of nitrogens with two attached hydrogens (primary N) is 1. The number of carbonyl (C=O) groups is 2. The number of benzene rings is 2. The molecule has 2 aromatic rings. The zero-order valence-corrected chi connectivity index (χ0v) is 17.9. The van der Waals surface area contributed by atoms with Gasteiger partial charge in [0.2, 0.25) is 5.91 Å². The van der Waals surface area contributed by atoms with Gasteiger partial charge in [0.1, 0.15) is 28.9 Å². The molecule has 2 N–H and O–H groups in total. The van der Waals surface area contributed by atoms with Gasteiger partial charge in [0.25, 0.3) is 0 Å². The highest BCUT2D eigenvalue weighted by molar-refractivity contribution is 6.20. The van der Waals surface area contributed by atoms with E-state index in [-0.39, 0.29) is 41.4 Å². The Morgan fingerprint density at radius 1 is 1.12 bits per heavy atom. The van der Waals surface area contributed by atoms with Crippen molar-refractivity contribution in [1.82, 2.24) is 0 Å². The highest BCUT2D eigenvalue weighted by Crippen LogP contribution is 2.56. The number of rotatable bonds is 2. The largest absolute Gasteiger partial charge is 0.384 e. The number of amides is 1. The first kappa shape index (κ1) is 21.4. The van der Waals surface area contributed by atoms with Gasteiger partial charge in [-0.2, -0.15) is 5.26 Å². The van der Waals surface area contributed by atoms with Crippen molar-refractivity contribution in [3.63, 3.8) is 0 Å². The molecule has 1 amide bonds. The molecule has 1 aliphatic carbocycles. The molecular weight excluding hydrogens is 438 g/mol. The van der Waals surface area contributed by atoms with Crippen molar-refractivity contribution in [2.24, 2.45) is 5.73 Å². The first-order valence-electron chi connectivity index (χ1n) is 10.6. The molecular formula is C26H18F2N4O2. The van der Waals surface area contributed by atoms with Crippen LogP contribution in [0.3, 0.4) is 0 Å². The molecule has 34 heavy (non-hydrogen) atoms. The van der Waals surface area contributed by atoms with Gasteiger partial charge in [-0.25, -0.2) is 8.78 Å². The summed E-state index contributed by atoms with van der Waals surface area (Å²) in [6.07, 6.45) is 6.44. The normalized spacial score (nSPS) is 21.5. The summed E-state index contributed by atoms with van der Waals surface area (Å²) in [5.41, 5.74) is 5.72. The SMILES string of the molecule is C#CCN1C(=O)[C@@]2(C(C#N)=C(N)N(c3ccc(F)cc3F)C3=C2C(=O)CCC3)c2ccccc21. The Bertz CT molecular complexity index is 1430. The van der Waals surface area contributed by atoms with Crippen LogP contribution in [0.2, 0.25) is 0 Å². The van der Waals surface area contributed by atoms with E-state index in [1.54, 1.807) is 24.3 Å². The molecule has 0 bridgehead atoms. The number of halogens is 2. The fourth-order valence-electron chi connectivity index (χ4n) is 5.31. The van der Waals surface area contributed by atoms with Crippen LogP contribution in [0.25, 0.3) is 0 Å². The number of hydrogen-bond acceptors (Lipinski definition) is 5. The predicted molar refractivity (Wildman–Crippen MR) is 121 cm³/mol. The van der Waals surface area contributed by atoms with E-state index in [4.69, 9.17) is 12.2 Å². The van der Waals surface area contributed by atoms with Crippen molar-refractivity contribution in [1.29, 1.82) is 5.26 Å². The van der Waals surface area contributed by atoms with Crippen molar-refractivity contribution in [2.45, 2.75) is 24.7 Å². The van der Waals surface area contributed by atoms with Gasteiger partial charge >= 0.3 is 0 Å². The zero-order valence-electron chi connectivity index (χ0n) is 17.9. The molecule has 3 aliphatic rings. The van der Waals surface area contributed by atoms with Gasteiger partial charge < -0.3 is 5.73 Å². The molecule has 8 heteroatoms. The van der Waals surface area contributed by atoms with E-state index in [2.05, 4.69) is 5.92 Å². The number of hydrogen-bond donors (Lipinski definition) is 1. The van der Waals surface area contributed by atoms with Crippen molar-refractivity contribution in [3.05, 3.63) is 82.3 Å². The van der Waals surface area contributed by atoms with Gasteiger partial charge in [0.15, 0.2) is 5.78 Å². The van der Waals surface area contributed by atoms with Crippen molar-refractivity contribution < 1.29 is 18.4 Å². The Morgan fingerprint density at radius 2 is 1.88 bits per heavy atom. The third-order valence-electron chi connectivity index (χ3n) is 6.58. The summed E-state index contributed by atoms with van der Waals surface area (Å²) >= 11 is 0. The number of allylic oxidation sites excluding steroid dienone is 1. The number of nitrogens with zero attached hydrogens (tertiary/aromatic N) is 3. The van der Waals surface area contributed by atoms with E-state index < -0.39 is 23.0 Å². The van der Waals surface area contributed by atoms with Gasteiger partial charge in [-0.1, -0.05) is 24.1 Å². The smallest absolute Gasteiger partial charge is 0.248 e. The topological polar surface area (TPSA) is 90.4 Å². The highest BCUT2D eigenvalue weighted by atomic mass is 19.1. The Hall–Kier alpha value is -4.43. The molecule has 0 saturated heterocycles. The van der Waals surface area contributed by atoms with Crippen LogP contribution in [0.5, 0.6) is 0 Å². The summed E-state index contributed by atoms with van der Waals surface area (Å²) in [7, 11) is 0. The second kappa shape index (κ2) is 7.57. The monoisotopic (exact) mass is 456 g/mol. The summed E-state index contributed by atoms with van der Waals surface area (Å²) in [5.74, 6) is -0.304. The lowest BCUT2D eigenvalue weighted by atomic mass is 9.63. The molecule has 0 saturated carbocycles. The predicted octanol–water partition coefficient (Wildman–Crippen LogP) is 3.40. The molecule has 0 fully saturated rings. The number of nitriles is 1. The molecule has 0 aromatic heterocycles.